The van der Waals surface area contributed by atoms with Gasteiger partial charge in [-0.05, 0) is 49.2 Å². The number of aromatic nitrogens is 1. The van der Waals surface area contributed by atoms with Gasteiger partial charge in [0.1, 0.15) is 11.6 Å². The molecule has 0 atom stereocenters. The number of rotatable bonds is 9. The normalized spacial score (nSPS) is 14.5. The minimum Gasteiger partial charge on any atom is -0.493 e. The minimum absolute atomic E-state index is 0.289. The third-order valence-corrected chi connectivity index (χ3v) is 5.21. The van der Waals surface area contributed by atoms with E-state index in [1.165, 1.54) is 0 Å². The minimum atomic E-state index is -0.289. The summed E-state index contributed by atoms with van der Waals surface area (Å²) in [5.41, 5.74) is 4.33. The molecule has 0 radical (unpaired) electrons. The van der Waals surface area contributed by atoms with Crippen LogP contribution in [0, 0.1) is 5.92 Å². The Morgan fingerprint density at radius 2 is 2.09 bits per heavy atom. The third-order valence-electron chi connectivity index (χ3n) is 4.97. The second kappa shape index (κ2) is 13.0. The Hall–Kier alpha value is -3.10. The molecule has 0 spiro atoms. The molecule has 1 aromatic heterocycles. The number of amides is 1. The number of hydrazone groups is 1. The van der Waals surface area contributed by atoms with Crippen molar-refractivity contribution in [2.45, 2.75) is 27.3 Å². The fourth-order valence-corrected chi connectivity index (χ4v) is 3.44. The highest BCUT2D eigenvalue weighted by atomic mass is 35.5. The zero-order valence-electron chi connectivity index (χ0n) is 19.9. The number of carbonyl (C=O) groups is 1. The Bertz CT molecular complexity index is 1000. The molecule has 0 unspecified atom stereocenters. The molecule has 1 saturated heterocycles. The average molecular weight is 486 g/mol. The van der Waals surface area contributed by atoms with Crippen LogP contribution in [0.1, 0.15) is 36.7 Å². The molecule has 1 aliphatic rings. The molecule has 1 aromatic carbocycles. The van der Waals surface area contributed by atoms with E-state index < -0.39 is 0 Å². The zero-order valence-corrected chi connectivity index (χ0v) is 20.6. The van der Waals surface area contributed by atoms with Gasteiger partial charge in [-0.15, -0.1) is 0 Å². The first-order valence-electron chi connectivity index (χ1n) is 11.4. The van der Waals surface area contributed by atoms with Gasteiger partial charge in [0.05, 0.1) is 31.9 Å². The van der Waals surface area contributed by atoms with Crippen molar-refractivity contribution in [2.75, 3.05) is 37.8 Å². The second-order valence-corrected chi connectivity index (χ2v) is 8.68. The van der Waals surface area contributed by atoms with Crippen LogP contribution in [0.15, 0.2) is 53.8 Å². The number of nitrogens with zero attached hydrogens (tertiary/aromatic N) is 3. The number of allylic oxidation sites excluding steroid dienone is 1. The standard InChI is InChI=1S/C25H32ClN5O3/c1-4-5-23(30-28-16-20-14-21(26)7-8-22(20)34-17-18(2)3)29-25(32)19-6-9-24(27-15-19)31-10-12-33-13-11-31/h4-9,14-15,18,28H,10-13,16-17H2,1-3H3,(H,29,30,32)/b5-4+. The van der Waals surface area contributed by atoms with E-state index in [0.29, 0.717) is 48.7 Å². The van der Waals surface area contributed by atoms with E-state index in [-0.39, 0.29) is 5.91 Å². The summed E-state index contributed by atoms with van der Waals surface area (Å²) in [6, 6.07) is 9.11. The molecule has 34 heavy (non-hydrogen) atoms. The number of carbonyl (C=O) groups excluding carboxylic acids is 1. The predicted octanol–water partition coefficient (Wildman–Crippen LogP) is 4.02. The Labute approximate surface area is 206 Å². The number of anilines is 1. The summed E-state index contributed by atoms with van der Waals surface area (Å²) in [4.78, 5) is 19.3. The van der Waals surface area contributed by atoms with Crippen molar-refractivity contribution in [3.63, 3.8) is 0 Å². The van der Waals surface area contributed by atoms with Crippen LogP contribution >= 0.6 is 11.6 Å². The topological polar surface area (TPSA) is 88.1 Å². The van der Waals surface area contributed by atoms with Crippen LogP contribution in [-0.2, 0) is 11.3 Å². The summed E-state index contributed by atoms with van der Waals surface area (Å²) < 4.78 is 11.3. The lowest BCUT2D eigenvalue weighted by molar-refractivity contribution is 0.0976. The summed E-state index contributed by atoms with van der Waals surface area (Å²) in [6.45, 7) is 9.98. The van der Waals surface area contributed by atoms with Crippen molar-refractivity contribution >= 4 is 29.2 Å². The third kappa shape index (κ3) is 7.74. The van der Waals surface area contributed by atoms with Gasteiger partial charge in [-0.25, -0.2) is 4.98 Å². The predicted molar refractivity (Wildman–Crippen MR) is 136 cm³/mol. The summed E-state index contributed by atoms with van der Waals surface area (Å²) in [5, 5.41) is 7.77. The molecule has 0 saturated carbocycles. The summed E-state index contributed by atoms with van der Waals surface area (Å²) in [5.74, 6) is 2.09. The molecule has 2 heterocycles. The number of benzene rings is 1. The van der Waals surface area contributed by atoms with Crippen molar-refractivity contribution in [2.24, 2.45) is 11.0 Å². The Morgan fingerprint density at radius 1 is 1.29 bits per heavy atom. The van der Waals surface area contributed by atoms with Crippen molar-refractivity contribution in [1.82, 2.24) is 15.7 Å². The van der Waals surface area contributed by atoms with Crippen LogP contribution < -0.4 is 20.4 Å². The number of halogens is 1. The highest BCUT2D eigenvalue weighted by Crippen LogP contribution is 2.23. The SMILES string of the molecule is C/C=C/C(=N\NCc1cc(Cl)ccc1OCC(C)C)NC(=O)c1ccc(N2CCOCC2)nc1. The molecule has 9 heteroatoms. The molecule has 1 aliphatic heterocycles. The number of pyridine rings is 1. The van der Waals surface area contributed by atoms with Gasteiger partial charge in [-0.1, -0.05) is 31.5 Å². The van der Waals surface area contributed by atoms with Gasteiger partial charge in [-0.2, -0.15) is 5.10 Å². The lowest BCUT2D eigenvalue weighted by Gasteiger charge is -2.27. The number of amidine groups is 1. The van der Waals surface area contributed by atoms with Crippen LogP contribution in [0.2, 0.25) is 5.02 Å². The zero-order chi connectivity index (χ0) is 24.3. The van der Waals surface area contributed by atoms with Crippen molar-refractivity contribution < 1.29 is 14.3 Å². The molecule has 2 aromatic rings. The highest BCUT2D eigenvalue weighted by molar-refractivity contribution is 6.30. The molecule has 1 amide bonds. The second-order valence-electron chi connectivity index (χ2n) is 8.25. The van der Waals surface area contributed by atoms with Gasteiger partial charge < -0.3 is 25.1 Å². The fraction of sp³-hybridized carbons (Fsp3) is 0.400. The lowest BCUT2D eigenvalue weighted by Crippen LogP contribution is -2.36. The summed E-state index contributed by atoms with van der Waals surface area (Å²) >= 11 is 6.17. The van der Waals surface area contributed by atoms with Gasteiger partial charge in [0.25, 0.3) is 5.91 Å². The number of hydrogen-bond donors (Lipinski definition) is 2. The smallest absolute Gasteiger partial charge is 0.258 e. The molecule has 0 aliphatic carbocycles. The van der Waals surface area contributed by atoms with Crippen molar-refractivity contribution in [3.05, 3.63) is 64.8 Å². The Balaban J connectivity index is 1.62. The van der Waals surface area contributed by atoms with Crippen LogP contribution in [0.5, 0.6) is 5.75 Å². The molecular formula is C25H32ClN5O3. The number of hydrogen-bond acceptors (Lipinski definition) is 7. The van der Waals surface area contributed by atoms with Gasteiger partial charge >= 0.3 is 0 Å². The first-order valence-corrected chi connectivity index (χ1v) is 11.8. The maximum Gasteiger partial charge on any atom is 0.258 e. The largest absolute Gasteiger partial charge is 0.493 e. The monoisotopic (exact) mass is 485 g/mol. The molecule has 8 nitrogen and oxygen atoms in total. The highest BCUT2D eigenvalue weighted by Gasteiger charge is 2.14. The van der Waals surface area contributed by atoms with E-state index in [4.69, 9.17) is 21.1 Å². The van der Waals surface area contributed by atoms with Gasteiger partial charge in [0, 0.05) is 29.9 Å². The number of morpholine rings is 1. The molecule has 3 rings (SSSR count). The fourth-order valence-electron chi connectivity index (χ4n) is 3.25. The van der Waals surface area contributed by atoms with Crippen LogP contribution in [0.4, 0.5) is 5.82 Å². The quantitative estimate of drug-likeness (QED) is 0.317. The van der Waals surface area contributed by atoms with Gasteiger partial charge in [0.2, 0.25) is 0 Å². The van der Waals surface area contributed by atoms with Crippen LogP contribution in [-0.4, -0.2) is 49.6 Å². The van der Waals surface area contributed by atoms with E-state index in [2.05, 4.69) is 39.6 Å². The maximum absolute atomic E-state index is 12.7. The van der Waals surface area contributed by atoms with Crippen molar-refractivity contribution in [3.8, 4) is 5.75 Å². The van der Waals surface area contributed by atoms with E-state index in [1.54, 1.807) is 30.5 Å². The Morgan fingerprint density at radius 3 is 2.76 bits per heavy atom. The van der Waals surface area contributed by atoms with Gasteiger partial charge in [-0.3, -0.25) is 4.79 Å². The van der Waals surface area contributed by atoms with Crippen molar-refractivity contribution in [1.29, 1.82) is 0 Å². The molecule has 0 bridgehead atoms. The first-order chi connectivity index (χ1) is 16.5. The molecule has 1 fully saturated rings. The molecular weight excluding hydrogens is 454 g/mol. The average Bonchev–Trinajstić information content (AvgIpc) is 2.84. The van der Waals surface area contributed by atoms with E-state index in [9.17, 15) is 4.79 Å². The maximum atomic E-state index is 12.7. The summed E-state index contributed by atoms with van der Waals surface area (Å²) in [7, 11) is 0. The van der Waals surface area contributed by atoms with E-state index >= 15 is 0 Å². The first kappa shape index (κ1) is 25.5. The van der Waals surface area contributed by atoms with Crippen LogP contribution in [0.25, 0.3) is 0 Å². The van der Waals surface area contributed by atoms with Gasteiger partial charge in [0.15, 0.2) is 5.84 Å². The Kier molecular flexibility index (Phi) is 9.73. The summed E-state index contributed by atoms with van der Waals surface area (Å²) in [6.07, 6.45) is 5.09. The van der Waals surface area contributed by atoms with E-state index in [0.717, 1.165) is 30.2 Å². The molecule has 2 N–H and O–H groups in total. The van der Waals surface area contributed by atoms with E-state index in [1.807, 2.05) is 25.1 Å². The molecule has 182 valence electrons. The lowest BCUT2D eigenvalue weighted by atomic mass is 10.2. The number of ether oxygens (including phenoxy) is 2. The van der Waals surface area contributed by atoms with Crippen LogP contribution in [0.3, 0.4) is 0 Å². The number of nitrogens with one attached hydrogen (secondary N) is 2.